The van der Waals surface area contributed by atoms with Crippen molar-refractivity contribution in [1.29, 1.82) is 0 Å². The van der Waals surface area contributed by atoms with Gasteiger partial charge in [-0.05, 0) is 120 Å². The molecule has 15 heteroatoms. The Bertz CT molecular complexity index is 2270. The molecule has 2 aromatic heterocycles. The van der Waals surface area contributed by atoms with Gasteiger partial charge in [-0.2, -0.15) is 4.98 Å². The number of halogens is 2. The van der Waals surface area contributed by atoms with Crippen molar-refractivity contribution < 1.29 is 37.7 Å². The van der Waals surface area contributed by atoms with E-state index in [4.69, 9.17) is 35.3 Å². The third-order valence-electron chi connectivity index (χ3n) is 10.0. The van der Waals surface area contributed by atoms with Gasteiger partial charge in [-0.1, -0.05) is 54.1 Å². The van der Waals surface area contributed by atoms with Gasteiger partial charge in [-0.3, -0.25) is 4.57 Å². The number of aromatic nitrogens is 3. The van der Waals surface area contributed by atoms with E-state index >= 15 is 4.39 Å². The molecule has 0 bridgehead atoms. The van der Waals surface area contributed by atoms with Gasteiger partial charge in [0, 0.05) is 36.3 Å². The quantitative estimate of drug-likeness (QED) is 0.0783. The van der Waals surface area contributed by atoms with E-state index in [2.05, 4.69) is 20.6 Å². The van der Waals surface area contributed by atoms with Crippen molar-refractivity contribution >= 4 is 34.8 Å². The van der Waals surface area contributed by atoms with Gasteiger partial charge in [0.15, 0.2) is 12.1 Å². The molecule has 0 aliphatic carbocycles. The first-order valence-corrected chi connectivity index (χ1v) is 21.2. The summed E-state index contributed by atoms with van der Waals surface area (Å²) in [5.74, 6) is -0.586. The molecule has 13 nitrogen and oxygen atoms in total. The standard InChI is InChI=1S/C46H55ClFN5O8/c1-30(50-45(56)60-28-31-12-6-5-7-13-31)11-10-14-33-23-37(41(48)38(47)24-33)39-25-34-26-53(43(54)52-42(34)51-39)35-18-16-32(17-19-35)27-58-36(29-59-40-15-8-9-22-57-40)20-21-49-44(55)61-46(2,3)4/h5-7,12-13,16-19,23-26,30,36,40H,8-11,14-15,20-22,27-29H2,1-4H3,(H,49,55)(H,50,56)(H,51,52,54)/t30-,36+,40?/m0/s1. The van der Waals surface area contributed by atoms with Crippen LogP contribution in [0.1, 0.15) is 82.9 Å². The molecule has 1 aliphatic rings. The molecule has 61 heavy (non-hydrogen) atoms. The summed E-state index contributed by atoms with van der Waals surface area (Å²) < 4.78 is 45.6. The Balaban J connectivity index is 1.05. The minimum absolute atomic E-state index is 0.0204. The lowest BCUT2D eigenvalue weighted by molar-refractivity contribution is -0.181. The number of ether oxygens (including phenoxy) is 5. The molecule has 0 radical (unpaired) electrons. The van der Waals surface area contributed by atoms with E-state index < -0.39 is 29.3 Å². The fourth-order valence-corrected chi connectivity index (χ4v) is 7.09. The fraction of sp³-hybridized carbons (Fsp3) is 0.435. The minimum Gasteiger partial charge on any atom is -0.445 e. The van der Waals surface area contributed by atoms with Crippen molar-refractivity contribution in [3.63, 3.8) is 0 Å². The average Bonchev–Trinajstić information content (AvgIpc) is 3.64. The van der Waals surface area contributed by atoms with E-state index in [0.717, 1.165) is 36.0 Å². The molecule has 3 heterocycles. The van der Waals surface area contributed by atoms with Gasteiger partial charge < -0.3 is 39.3 Å². The van der Waals surface area contributed by atoms with Crippen molar-refractivity contribution in [2.75, 3.05) is 19.8 Å². The number of hydrogen-bond acceptors (Lipinski definition) is 9. The number of aryl methyl sites for hydroxylation is 1. The van der Waals surface area contributed by atoms with Gasteiger partial charge in [0.25, 0.3) is 0 Å². The molecule has 326 valence electrons. The summed E-state index contributed by atoms with van der Waals surface area (Å²) in [5.41, 5.74) is 3.08. The Morgan fingerprint density at radius 1 is 1.00 bits per heavy atom. The maximum absolute atomic E-state index is 15.5. The molecule has 0 saturated carbocycles. The third-order valence-corrected chi connectivity index (χ3v) is 10.3. The van der Waals surface area contributed by atoms with Crippen LogP contribution in [0.2, 0.25) is 5.02 Å². The molecule has 1 aliphatic heterocycles. The van der Waals surface area contributed by atoms with Gasteiger partial charge in [-0.25, -0.2) is 18.8 Å². The van der Waals surface area contributed by atoms with Gasteiger partial charge in [-0.15, -0.1) is 0 Å². The molecule has 3 N–H and O–H groups in total. The second-order valence-electron chi connectivity index (χ2n) is 16.3. The lowest BCUT2D eigenvalue weighted by Gasteiger charge is -2.26. The molecule has 3 aromatic carbocycles. The van der Waals surface area contributed by atoms with E-state index in [-0.39, 0.29) is 42.2 Å². The monoisotopic (exact) mass is 859 g/mol. The van der Waals surface area contributed by atoms with Crippen LogP contribution in [0.3, 0.4) is 0 Å². The van der Waals surface area contributed by atoms with Crippen LogP contribution in [0.15, 0.2) is 83.8 Å². The largest absolute Gasteiger partial charge is 0.445 e. The van der Waals surface area contributed by atoms with Gasteiger partial charge >= 0.3 is 17.9 Å². The van der Waals surface area contributed by atoms with E-state index in [1.807, 2.05) is 70.2 Å². The number of fused-ring (bicyclic) bond motifs is 1. The number of nitrogens with one attached hydrogen (secondary N) is 3. The summed E-state index contributed by atoms with van der Waals surface area (Å²) in [5, 5.41) is 6.22. The van der Waals surface area contributed by atoms with E-state index in [0.29, 0.717) is 67.9 Å². The van der Waals surface area contributed by atoms with Crippen LogP contribution in [0.25, 0.3) is 28.0 Å². The normalized spacial score (nSPS) is 15.3. The Hall–Kier alpha value is -5.28. The highest BCUT2D eigenvalue weighted by Gasteiger charge is 2.21. The van der Waals surface area contributed by atoms with Crippen LogP contribution in [0.4, 0.5) is 14.0 Å². The Morgan fingerprint density at radius 3 is 2.51 bits per heavy atom. The van der Waals surface area contributed by atoms with E-state index in [1.165, 1.54) is 4.57 Å². The zero-order valence-electron chi connectivity index (χ0n) is 35.1. The molecular formula is C46H55ClFN5O8. The molecule has 1 unspecified atom stereocenters. The predicted octanol–water partition coefficient (Wildman–Crippen LogP) is 9.15. The summed E-state index contributed by atoms with van der Waals surface area (Å²) in [4.78, 5) is 45.1. The van der Waals surface area contributed by atoms with E-state index in [9.17, 15) is 14.4 Å². The molecule has 3 atom stereocenters. The smallest absolute Gasteiger partial charge is 0.407 e. The Morgan fingerprint density at radius 2 is 1.77 bits per heavy atom. The maximum atomic E-state index is 15.5. The Kier molecular flexibility index (Phi) is 15.9. The van der Waals surface area contributed by atoms with Crippen LogP contribution in [0, 0.1) is 5.82 Å². The first-order chi connectivity index (χ1) is 29.3. The van der Waals surface area contributed by atoms with Gasteiger partial charge in [0.1, 0.15) is 17.9 Å². The second-order valence-corrected chi connectivity index (χ2v) is 16.7. The fourth-order valence-electron chi connectivity index (χ4n) is 6.85. The first kappa shape index (κ1) is 45.3. The highest BCUT2D eigenvalue weighted by molar-refractivity contribution is 6.31. The second kappa shape index (κ2) is 21.5. The zero-order valence-corrected chi connectivity index (χ0v) is 35.9. The number of amides is 2. The minimum atomic E-state index is -0.601. The number of hydrogen-bond donors (Lipinski definition) is 3. The summed E-state index contributed by atoms with van der Waals surface area (Å²) in [6.45, 7) is 9.10. The average molecular weight is 860 g/mol. The topological polar surface area (TPSA) is 155 Å². The Labute approximate surface area is 360 Å². The lowest BCUT2D eigenvalue weighted by atomic mass is 10.0. The van der Waals surface area contributed by atoms with Crippen molar-refractivity contribution in [3.05, 3.63) is 117 Å². The van der Waals surface area contributed by atoms with Crippen molar-refractivity contribution in [2.45, 2.75) is 110 Å². The SMILES string of the molecule is C[C@@H](CCCc1cc(Cl)c(F)c(-c2cc3cn(-c4ccc(CO[C@H](CCNC(=O)OC(C)(C)C)COC5CCCCO5)cc4)c(=O)nc3[nH]2)c1)NC(=O)OCc1ccccc1. The van der Waals surface area contributed by atoms with E-state index in [1.54, 1.807) is 36.5 Å². The molecule has 1 fully saturated rings. The maximum Gasteiger partial charge on any atom is 0.407 e. The number of H-pyrrole nitrogens is 1. The van der Waals surface area contributed by atoms with Crippen LogP contribution in [0.5, 0.6) is 0 Å². The van der Waals surface area contributed by atoms with Crippen molar-refractivity contribution in [1.82, 2.24) is 25.2 Å². The van der Waals surface area contributed by atoms with Crippen molar-refractivity contribution in [3.8, 4) is 16.9 Å². The predicted molar refractivity (Wildman–Crippen MR) is 231 cm³/mol. The number of nitrogens with zero attached hydrogens (tertiary/aromatic N) is 2. The van der Waals surface area contributed by atoms with Gasteiger partial charge in [0.05, 0.1) is 35.7 Å². The third kappa shape index (κ3) is 13.9. The highest BCUT2D eigenvalue weighted by atomic mass is 35.5. The molecule has 5 aromatic rings. The summed E-state index contributed by atoms with van der Waals surface area (Å²) >= 11 is 6.37. The summed E-state index contributed by atoms with van der Waals surface area (Å²) in [7, 11) is 0. The number of rotatable bonds is 18. The van der Waals surface area contributed by atoms with Gasteiger partial charge in [0.2, 0.25) is 0 Å². The highest BCUT2D eigenvalue weighted by Crippen LogP contribution is 2.31. The number of carbonyl (C=O) groups excluding carboxylic acids is 2. The number of carbonyl (C=O) groups is 2. The first-order valence-electron chi connectivity index (χ1n) is 20.8. The van der Waals surface area contributed by atoms with Crippen LogP contribution < -0.4 is 16.3 Å². The van der Waals surface area contributed by atoms with Crippen LogP contribution >= 0.6 is 11.6 Å². The molecule has 6 rings (SSSR count). The molecular weight excluding hydrogens is 805 g/mol. The molecule has 0 spiro atoms. The number of aromatic amines is 1. The molecule has 1 saturated heterocycles. The summed E-state index contributed by atoms with van der Waals surface area (Å²) in [6, 6.07) is 21.8. The number of benzene rings is 3. The summed E-state index contributed by atoms with van der Waals surface area (Å²) in [6.07, 6.45) is 5.42. The van der Waals surface area contributed by atoms with Crippen LogP contribution in [-0.4, -0.2) is 70.5 Å². The molecule has 2 amide bonds. The number of alkyl carbamates (subject to hydrolysis) is 2. The van der Waals surface area contributed by atoms with Crippen LogP contribution in [-0.2, 0) is 43.3 Å². The van der Waals surface area contributed by atoms with Crippen molar-refractivity contribution in [2.24, 2.45) is 0 Å². The lowest BCUT2D eigenvalue weighted by Crippen LogP contribution is -2.35. The zero-order chi connectivity index (χ0) is 43.4.